The van der Waals surface area contributed by atoms with Gasteiger partial charge in [0, 0.05) is 23.9 Å². The number of fused-ring (bicyclic) bond motifs is 1. The van der Waals surface area contributed by atoms with E-state index < -0.39 is 23.9 Å². The van der Waals surface area contributed by atoms with Gasteiger partial charge in [0.05, 0.1) is 23.7 Å². The second-order valence-electron chi connectivity index (χ2n) is 8.66. The van der Waals surface area contributed by atoms with E-state index in [1.807, 2.05) is 0 Å². The molecule has 2 aliphatic rings. The number of benzene rings is 1. The van der Waals surface area contributed by atoms with Crippen molar-refractivity contribution in [3.05, 3.63) is 28.9 Å². The van der Waals surface area contributed by atoms with E-state index in [0.29, 0.717) is 47.0 Å². The number of carbonyl (C=O) groups is 3. The van der Waals surface area contributed by atoms with Gasteiger partial charge in [0.15, 0.2) is 0 Å². The van der Waals surface area contributed by atoms with Crippen molar-refractivity contribution in [1.82, 2.24) is 20.9 Å². The van der Waals surface area contributed by atoms with Crippen LogP contribution >= 0.6 is 11.6 Å². The summed E-state index contributed by atoms with van der Waals surface area (Å²) in [6.45, 7) is 0.580. The van der Waals surface area contributed by atoms with Gasteiger partial charge in [0.2, 0.25) is 11.8 Å². The number of nitriles is 1. The average molecular weight is 472 g/mol. The van der Waals surface area contributed by atoms with E-state index in [0.717, 1.165) is 12.8 Å². The molecule has 1 saturated heterocycles. The second kappa shape index (κ2) is 9.71. The van der Waals surface area contributed by atoms with Crippen LogP contribution in [0.2, 0.25) is 5.02 Å². The van der Waals surface area contributed by atoms with E-state index in [9.17, 15) is 19.6 Å². The molecule has 4 rings (SSSR count). The fourth-order valence-corrected chi connectivity index (χ4v) is 4.40. The third kappa shape index (κ3) is 5.40. The third-order valence-corrected chi connectivity index (χ3v) is 6.48. The first kappa shape index (κ1) is 22.9. The quantitative estimate of drug-likeness (QED) is 0.444. The molecule has 0 bridgehead atoms. The van der Waals surface area contributed by atoms with Gasteiger partial charge in [-0.25, -0.2) is 0 Å². The van der Waals surface area contributed by atoms with E-state index in [4.69, 9.17) is 16.3 Å². The van der Waals surface area contributed by atoms with Crippen LogP contribution in [0.5, 0.6) is 5.75 Å². The van der Waals surface area contributed by atoms with Gasteiger partial charge in [0.25, 0.3) is 5.91 Å². The SMILES string of the molecule is COc1cc(Cl)c2[nH]c(C(=O)NC(CC3CC3)C(=O)N[C@H](C#N)CC3CCNC3=O)cc2c1. The topological polar surface area (TPSA) is 136 Å². The number of aromatic amines is 1. The van der Waals surface area contributed by atoms with E-state index in [2.05, 4.69) is 27.0 Å². The average Bonchev–Trinajstić information content (AvgIpc) is 3.36. The number of hydrogen-bond acceptors (Lipinski definition) is 5. The van der Waals surface area contributed by atoms with Gasteiger partial charge >= 0.3 is 0 Å². The molecule has 9 nitrogen and oxygen atoms in total. The molecule has 2 fully saturated rings. The highest BCUT2D eigenvalue weighted by atomic mass is 35.5. The van der Waals surface area contributed by atoms with Gasteiger partial charge < -0.3 is 25.7 Å². The van der Waals surface area contributed by atoms with Crippen LogP contribution in [0.25, 0.3) is 10.9 Å². The minimum Gasteiger partial charge on any atom is -0.497 e. The van der Waals surface area contributed by atoms with Crippen LogP contribution in [0, 0.1) is 23.2 Å². The number of hydrogen-bond donors (Lipinski definition) is 4. The zero-order valence-electron chi connectivity index (χ0n) is 18.2. The molecule has 2 unspecified atom stereocenters. The molecule has 4 N–H and O–H groups in total. The van der Waals surface area contributed by atoms with Crippen LogP contribution in [-0.2, 0) is 9.59 Å². The van der Waals surface area contributed by atoms with E-state index in [1.165, 1.54) is 7.11 Å². The number of ether oxygens (including phenoxy) is 1. The van der Waals surface area contributed by atoms with Gasteiger partial charge in [0.1, 0.15) is 23.5 Å². The summed E-state index contributed by atoms with van der Waals surface area (Å²) in [5.41, 5.74) is 0.874. The monoisotopic (exact) mass is 471 g/mol. The lowest BCUT2D eigenvalue weighted by Gasteiger charge is -2.21. The maximum Gasteiger partial charge on any atom is 0.268 e. The lowest BCUT2D eigenvalue weighted by Crippen LogP contribution is -2.50. The summed E-state index contributed by atoms with van der Waals surface area (Å²) in [6, 6.07) is 5.55. The summed E-state index contributed by atoms with van der Waals surface area (Å²) in [5.74, 6) is -0.311. The van der Waals surface area contributed by atoms with Gasteiger partial charge in [-0.05, 0) is 37.3 Å². The molecule has 174 valence electrons. The van der Waals surface area contributed by atoms with Crippen molar-refractivity contribution >= 4 is 40.2 Å². The van der Waals surface area contributed by atoms with Gasteiger partial charge in [-0.1, -0.05) is 24.4 Å². The molecule has 3 atom stereocenters. The highest BCUT2D eigenvalue weighted by Gasteiger charge is 2.33. The second-order valence-corrected chi connectivity index (χ2v) is 9.07. The highest BCUT2D eigenvalue weighted by molar-refractivity contribution is 6.35. The third-order valence-electron chi connectivity index (χ3n) is 6.18. The van der Waals surface area contributed by atoms with Crippen LogP contribution in [-0.4, -0.2) is 48.4 Å². The molecular formula is C23H26ClN5O4. The van der Waals surface area contributed by atoms with Crippen LogP contribution < -0.4 is 20.7 Å². The number of nitrogens with zero attached hydrogens (tertiary/aromatic N) is 1. The molecule has 1 saturated carbocycles. The molecule has 3 amide bonds. The predicted octanol–water partition coefficient (Wildman–Crippen LogP) is 2.26. The Morgan fingerprint density at radius 1 is 1.24 bits per heavy atom. The summed E-state index contributed by atoms with van der Waals surface area (Å²) >= 11 is 6.28. The molecule has 10 heteroatoms. The lowest BCUT2D eigenvalue weighted by atomic mass is 9.98. The Morgan fingerprint density at radius 3 is 2.67 bits per heavy atom. The number of amides is 3. The number of H-pyrrole nitrogens is 1. The number of aromatic nitrogens is 1. The summed E-state index contributed by atoms with van der Waals surface area (Å²) < 4.78 is 5.22. The Morgan fingerprint density at radius 2 is 2.03 bits per heavy atom. The van der Waals surface area contributed by atoms with Gasteiger partial charge in [-0.15, -0.1) is 0 Å². The fourth-order valence-electron chi connectivity index (χ4n) is 4.14. The number of nitrogens with one attached hydrogen (secondary N) is 4. The molecule has 1 aliphatic heterocycles. The van der Waals surface area contributed by atoms with Crippen LogP contribution in [0.1, 0.15) is 42.6 Å². The fraction of sp³-hybridized carbons (Fsp3) is 0.478. The maximum absolute atomic E-state index is 13.0. The Hall–Kier alpha value is -3.25. The minimum absolute atomic E-state index is 0.0959. The van der Waals surface area contributed by atoms with Gasteiger partial charge in [-0.3, -0.25) is 14.4 Å². The smallest absolute Gasteiger partial charge is 0.268 e. The lowest BCUT2D eigenvalue weighted by molar-refractivity contribution is -0.125. The van der Waals surface area contributed by atoms with Crippen molar-refractivity contribution < 1.29 is 19.1 Å². The number of halogens is 1. The Kier molecular flexibility index (Phi) is 6.75. The zero-order valence-corrected chi connectivity index (χ0v) is 19.0. The standard InChI is InChI=1S/C23H26ClN5O4/c1-33-16-8-14-9-19(28-20(14)17(24)10-16)23(32)29-18(6-12-2-3-12)22(31)27-15(11-25)7-13-4-5-26-21(13)30/h8-10,12-13,15,18,28H,2-7H2,1H3,(H,26,30)(H,27,31)(H,29,32)/t13?,15-,18?/m0/s1. The first-order valence-electron chi connectivity index (χ1n) is 11.0. The number of methoxy groups -OCH3 is 1. The van der Waals surface area contributed by atoms with E-state index in [-0.39, 0.29) is 23.9 Å². The highest BCUT2D eigenvalue weighted by Crippen LogP contribution is 2.34. The zero-order chi connectivity index (χ0) is 23.5. The molecule has 2 aromatic rings. The Bertz CT molecular complexity index is 1120. The van der Waals surface area contributed by atoms with Crippen molar-refractivity contribution in [2.45, 2.75) is 44.2 Å². The van der Waals surface area contributed by atoms with Crippen molar-refractivity contribution in [2.75, 3.05) is 13.7 Å². The Labute approximate surface area is 196 Å². The molecule has 0 spiro atoms. The van der Waals surface area contributed by atoms with Crippen molar-refractivity contribution in [3.63, 3.8) is 0 Å². The molecule has 0 radical (unpaired) electrons. The molecule has 2 heterocycles. The number of rotatable bonds is 9. The summed E-state index contributed by atoms with van der Waals surface area (Å²) in [4.78, 5) is 40.8. The van der Waals surface area contributed by atoms with E-state index >= 15 is 0 Å². The Balaban J connectivity index is 1.45. The molecular weight excluding hydrogens is 446 g/mol. The maximum atomic E-state index is 13.0. The van der Waals surface area contributed by atoms with Crippen LogP contribution in [0.3, 0.4) is 0 Å². The molecule has 1 aromatic heterocycles. The van der Waals surface area contributed by atoms with E-state index in [1.54, 1.807) is 18.2 Å². The predicted molar refractivity (Wildman–Crippen MR) is 122 cm³/mol. The van der Waals surface area contributed by atoms with Crippen LogP contribution in [0.4, 0.5) is 0 Å². The molecule has 1 aromatic carbocycles. The molecule has 33 heavy (non-hydrogen) atoms. The molecule has 1 aliphatic carbocycles. The summed E-state index contributed by atoms with van der Waals surface area (Å²) in [5, 5.41) is 18.9. The summed E-state index contributed by atoms with van der Waals surface area (Å²) in [7, 11) is 1.53. The van der Waals surface area contributed by atoms with Crippen LogP contribution in [0.15, 0.2) is 18.2 Å². The minimum atomic E-state index is -0.802. The van der Waals surface area contributed by atoms with Gasteiger partial charge in [-0.2, -0.15) is 5.26 Å². The number of carbonyl (C=O) groups excluding carboxylic acids is 3. The first-order chi connectivity index (χ1) is 15.9. The first-order valence-corrected chi connectivity index (χ1v) is 11.4. The van der Waals surface area contributed by atoms with Crippen molar-refractivity contribution in [3.8, 4) is 11.8 Å². The van der Waals surface area contributed by atoms with Crippen molar-refractivity contribution in [2.24, 2.45) is 11.8 Å². The largest absolute Gasteiger partial charge is 0.497 e. The normalized spacial score (nSPS) is 19.4. The van der Waals surface area contributed by atoms with Crippen molar-refractivity contribution in [1.29, 1.82) is 5.26 Å². The summed E-state index contributed by atoms with van der Waals surface area (Å²) in [6.07, 6.45) is 3.40.